The summed E-state index contributed by atoms with van der Waals surface area (Å²) in [4.78, 5) is 5.65. The lowest BCUT2D eigenvalue weighted by Gasteiger charge is -2.06. The number of nitrogens with two attached hydrogens (primary N) is 1. The molecular weight excluding hydrogens is 216 g/mol. The Morgan fingerprint density at radius 1 is 1.31 bits per heavy atom. The molecule has 0 spiro atoms. The van der Waals surface area contributed by atoms with Crippen molar-refractivity contribution in [2.45, 2.75) is 24.7 Å². The molecule has 0 aliphatic rings. The van der Waals surface area contributed by atoms with E-state index in [1.54, 1.807) is 0 Å². The summed E-state index contributed by atoms with van der Waals surface area (Å²) in [6, 6.07) is 8.00. The van der Waals surface area contributed by atoms with Crippen LogP contribution in [0.3, 0.4) is 0 Å². The van der Waals surface area contributed by atoms with Crippen molar-refractivity contribution in [2.24, 2.45) is 0 Å². The number of unbranched alkanes of at least 4 members (excludes halogenated alkanes) is 1. The maximum Gasteiger partial charge on any atom is 0.0858 e. The van der Waals surface area contributed by atoms with Gasteiger partial charge in [-0.2, -0.15) is 0 Å². The summed E-state index contributed by atoms with van der Waals surface area (Å²) in [5.41, 5.74) is 7.77. The van der Waals surface area contributed by atoms with Crippen molar-refractivity contribution in [3.63, 3.8) is 0 Å². The fourth-order valence-corrected chi connectivity index (χ4v) is 2.73. The summed E-state index contributed by atoms with van der Waals surface area (Å²) >= 11 is 1.87. The lowest BCUT2D eigenvalue weighted by Crippen LogP contribution is -1.90. The normalized spacial score (nSPS) is 10.8. The molecule has 0 radical (unpaired) electrons. The van der Waals surface area contributed by atoms with Gasteiger partial charge in [0, 0.05) is 22.2 Å². The first-order valence-electron chi connectivity index (χ1n) is 5.59. The maximum absolute atomic E-state index is 5.93. The van der Waals surface area contributed by atoms with Crippen LogP contribution in [0.4, 0.5) is 5.69 Å². The van der Waals surface area contributed by atoms with Crippen LogP contribution in [0.15, 0.2) is 35.4 Å². The van der Waals surface area contributed by atoms with Gasteiger partial charge in [-0.1, -0.05) is 13.3 Å². The zero-order valence-corrected chi connectivity index (χ0v) is 10.3. The highest BCUT2D eigenvalue weighted by atomic mass is 32.2. The van der Waals surface area contributed by atoms with Crippen LogP contribution in [0.25, 0.3) is 10.9 Å². The fraction of sp³-hybridized carbons (Fsp3) is 0.308. The third-order valence-electron chi connectivity index (χ3n) is 2.52. The Balaban J connectivity index is 2.35. The maximum atomic E-state index is 5.93. The molecule has 0 saturated heterocycles. The molecule has 2 nitrogen and oxygen atoms in total. The molecule has 0 aliphatic carbocycles. The highest BCUT2D eigenvalue weighted by Crippen LogP contribution is 2.30. The molecule has 0 amide bonds. The van der Waals surface area contributed by atoms with E-state index in [1.165, 1.54) is 17.7 Å². The van der Waals surface area contributed by atoms with Crippen molar-refractivity contribution in [3.05, 3.63) is 30.5 Å². The number of pyridine rings is 1. The van der Waals surface area contributed by atoms with E-state index in [-0.39, 0.29) is 0 Å². The Kier molecular flexibility index (Phi) is 3.67. The van der Waals surface area contributed by atoms with Crippen LogP contribution < -0.4 is 5.73 Å². The van der Waals surface area contributed by atoms with Gasteiger partial charge in [-0.3, -0.25) is 4.98 Å². The van der Waals surface area contributed by atoms with Gasteiger partial charge in [-0.05, 0) is 36.4 Å². The van der Waals surface area contributed by atoms with Crippen LogP contribution >= 0.6 is 11.8 Å². The van der Waals surface area contributed by atoms with Gasteiger partial charge in [-0.25, -0.2) is 0 Å². The molecule has 0 saturated carbocycles. The van der Waals surface area contributed by atoms with Gasteiger partial charge in [0.15, 0.2) is 0 Å². The smallest absolute Gasteiger partial charge is 0.0858 e. The predicted molar refractivity (Wildman–Crippen MR) is 71.8 cm³/mol. The Labute approximate surface area is 100 Å². The standard InChI is InChI=1S/C13H16N2S/c1-2-3-9-16-12-7-6-11(14)10-5-4-8-15-13(10)12/h4-8H,2-3,9,14H2,1H3. The van der Waals surface area contributed by atoms with E-state index in [2.05, 4.69) is 18.0 Å². The van der Waals surface area contributed by atoms with E-state index in [4.69, 9.17) is 5.73 Å². The minimum absolute atomic E-state index is 0.808. The molecule has 1 heterocycles. The lowest BCUT2D eigenvalue weighted by molar-refractivity contribution is 0.896. The number of benzene rings is 1. The third kappa shape index (κ3) is 2.30. The number of anilines is 1. The molecule has 1 aromatic heterocycles. The molecule has 2 rings (SSSR count). The summed E-state index contributed by atoms with van der Waals surface area (Å²) in [5.74, 6) is 1.14. The molecule has 84 valence electrons. The van der Waals surface area contributed by atoms with E-state index in [9.17, 15) is 0 Å². The Morgan fingerprint density at radius 3 is 3.00 bits per heavy atom. The Morgan fingerprint density at radius 2 is 2.19 bits per heavy atom. The van der Waals surface area contributed by atoms with Crippen LogP contribution in [-0.4, -0.2) is 10.7 Å². The highest BCUT2D eigenvalue weighted by Gasteiger charge is 2.04. The van der Waals surface area contributed by atoms with Gasteiger partial charge in [0.25, 0.3) is 0 Å². The SMILES string of the molecule is CCCCSc1ccc(N)c2cccnc12. The fourth-order valence-electron chi connectivity index (χ4n) is 1.61. The first-order valence-corrected chi connectivity index (χ1v) is 6.57. The summed E-state index contributed by atoms with van der Waals surface area (Å²) in [7, 11) is 0. The van der Waals surface area contributed by atoms with Crippen LogP contribution in [0.5, 0.6) is 0 Å². The topological polar surface area (TPSA) is 38.9 Å². The number of hydrogen-bond acceptors (Lipinski definition) is 3. The van der Waals surface area contributed by atoms with Gasteiger partial charge in [0.05, 0.1) is 5.52 Å². The zero-order valence-electron chi connectivity index (χ0n) is 9.44. The first-order chi connectivity index (χ1) is 7.83. The van der Waals surface area contributed by atoms with Crippen molar-refractivity contribution < 1.29 is 0 Å². The minimum atomic E-state index is 0.808. The second-order valence-electron chi connectivity index (χ2n) is 3.75. The number of rotatable bonds is 4. The molecule has 0 unspecified atom stereocenters. The average molecular weight is 232 g/mol. The second-order valence-corrected chi connectivity index (χ2v) is 4.89. The van der Waals surface area contributed by atoms with Crippen molar-refractivity contribution in [1.82, 2.24) is 4.98 Å². The van der Waals surface area contributed by atoms with Gasteiger partial charge in [0.1, 0.15) is 0 Å². The molecule has 0 atom stereocenters. The molecule has 0 aliphatic heterocycles. The quantitative estimate of drug-likeness (QED) is 0.496. The van der Waals surface area contributed by atoms with E-state index < -0.39 is 0 Å². The largest absolute Gasteiger partial charge is 0.398 e. The second kappa shape index (κ2) is 5.21. The summed E-state index contributed by atoms with van der Waals surface area (Å²) in [6.45, 7) is 2.21. The predicted octanol–water partition coefficient (Wildman–Crippen LogP) is 3.71. The molecule has 16 heavy (non-hydrogen) atoms. The minimum Gasteiger partial charge on any atom is -0.398 e. The summed E-state index contributed by atoms with van der Waals surface area (Å²) < 4.78 is 0. The third-order valence-corrected chi connectivity index (χ3v) is 3.66. The Hall–Kier alpha value is -1.22. The van der Waals surface area contributed by atoms with Crippen molar-refractivity contribution in [2.75, 3.05) is 11.5 Å². The van der Waals surface area contributed by atoms with E-state index in [1.807, 2.05) is 36.2 Å². The van der Waals surface area contributed by atoms with Crippen molar-refractivity contribution in [3.8, 4) is 0 Å². The van der Waals surface area contributed by atoms with Crippen LogP contribution in [-0.2, 0) is 0 Å². The van der Waals surface area contributed by atoms with Crippen LogP contribution in [0, 0.1) is 0 Å². The van der Waals surface area contributed by atoms with Crippen LogP contribution in [0.2, 0.25) is 0 Å². The van der Waals surface area contributed by atoms with Gasteiger partial charge in [0.2, 0.25) is 0 Å². The molecular formula is C13H16N2S. The molecule has 3 heteroatoms. The van der Waals surface area contributed by atoms with Crippen LogP contribution in [0.1, 0.15) is 19.8 Å². The molecule has 2 aromatic rings. The number of nitrogen functional groups attached to an aromatic ring is 1. The molecule has 2 N–H and O–H groups in total. The summed E-state index contributed by atoms with van der Waals surface area (Å²) in [6.07, 6.45) is 4.29. The molecule has 0 bridgehead atoms. The lowest BCUT2D eigenvalue weighted by atomic mass is 10.2. The van der Waals surface area contributed by atoms with Gasteiger partial charge in [-0.15, -0.1) is 11.8 Å². The summed E-state index contributed by atoms with van der Waals surface area (Å²) in [5, 5.41) is 1.06. The molecule has 1 aromatic carbocycles. The number of hydrogen-bond donors (Lipinski definition) is 1. The van der Waals surface area contributed by atoms with Crippen molar-refractivity contribution >= 4 is 28.4 Å². The number of thioether (sulfide) groups is 1. The number of fused-ring (bicyclic) bond motifs is 1. The molecule has 0 fully saturated rings. The Bertz CT molecular complexity index is 482. The monoisotopic (exact) mass is 232 g/mol. The van der Waals surface area contributed by atoms with Gasteiger partial charge < -0.3 is 5.73 Å². The number of aromatic nitrogens is 1. The van der Waals surface area contributed by atoms with Gasteiger partial charge >= 0.3 is 0 Å². The van der Waals surface area contributed by atoms with E-state index in [0.29, 0.717) is 0 Å². The highest BCUT2D eigenvalue weighted by molar-refractivity contribution is 7.99. The van der Waals surface area contributed by atoms with E-state index in [0.717, 1.165) is 22.3 Å². The zero-order chi connectivity index (χ0) is 11.4. The average Bonchev–Trinajstić information content (AvgIpc) is 2.33. The first kappa shape index (κ1) is 11.3. The van der Waals surface area contributed by atoms with Crippen molar-refractivity contribution in [1.29, 1.82) is 0 Å². The van der Waals surface area contributed by atoms with E-state index >= 15 is 0 Å². The number of nitrogens with zero attached hydrogens (tertiary/aromatic N) is 1.